The van der Waals surface area contributed by atoms with E-state index in [0.717, 1.165) is 6.54 Å². The van der Waals surface area contributed by atoms with Crippen molar-refractivity contribution in [3.05, 3.63) is 12.7 Å². The Morgan fingerprint density at radius 1 is 1.47 bits per heavy atom. The summed E-state index contributed by atoms with van der Waals surface area (Å²) in [7, 11) is 0. The fourth-order valence-electron chi connectivity index (χ4n) is 2.05. The van der Waals surface area contributed by atoms with Crippen molar-refractivity contribution < 1.29 is 4.79 Å². The minimum Gasteiger partial charge on any atom is -0.354 e. The van der Waals surface area contributed by atoms with Gasteiger partial charge in [0.15, 0.2) is 0 Å². The Kier molecular flexibility index (Phi) is 5.40. The molecule has 0 aromatic heterocycles. The molecule has 1 aliphatic carbocycles. The molecule has 1 atom stereocenters. The number of nitrogens with two attached hydrogens (primary N) is 1. The van der Waals surface area contributed by atoms with Crippen molar-refractivity contribution in [1.82, 2.24) is 5.32 Å². The fourth-order valence-corrected chi connectivity index (χ4v) is 2.05. The van der Waals surface area contributed by atoms with Crippen LogP contribution in [0.25, 0.3) is 0 Å². The maximum Gasteiger partial charge on any atom is 0.237 e. The molecule has 0 aliphatic heterocycles. The van der Waals surface area contributed by atoms with Crippen LogP contribution >= 0.6 is 0 Å². The van der Waals surface area contributed by atoms with E-state index in [1.54, 1.807) is 6.08 Å². The Balaban J connectivity index is 2.17. The van der Waals surface area contributed by atoms with Crippen LogP contribution in [-0.4, -0.2) is 18.5 Å². The molecule has 1 fully saturated rings. The number of hydrogen-bond donors (Lipinski definition) is 2. The first-order valence-corrected chi connectivity index (χ1v) is 5.88. The van der Waals surface area contributed by atoms with Crippen molar-refractivity contribution in [2.24, 2.45) is 11.7 Å². The number of hydrogen-bond acceptors (Lipinski definition) is 2. The number of rotatable bonds is 5. The van der Waals surface area contributed by atoms with Crippen LogP contribution in [0, 0.1) is 5.92 Å². The van der Waals surface area contributed by atoms with Gasteiger partial charge in [-0.1, -0.05) is 25.3 Å². The predicted octanol–water partition coefficient (Wildman–Crippen LogP) is 1.59. The third kappa shape index (κ3) is 4.47. The average molecular weight is 210 g/mol. The van der Waals surface area contributed by atoms with Crippen molar-refractivity contribution >= 4 is 5.91 Å². The molecule has 1 saturated carbocycles. The smallest absolute Gasteiger partial charge is 0.237 e. The van der Waals surface area contributed by atoms with Gasteiger partial charge in [-0.15, -0.1) is 6.58 Å². The molecule has 0 radical (unpaired) electrons. The minimum absolute atomic E-state index is 0.0412. The van der Waals surface area contributed by atoms with Crippen molar-refractivity contribution in [2.45, 2.75) is 44.6 Å². The lowest BCUT2D eigenvalue weighted by Crippen LogP contribution is -2.42. The molecule has 1 aliphatic rings. The van der Waals surface area contributed by atoms with Crippen molar-refractivity contribution in [3.8, 4) is 0 Å². The third-order valence-electron chi connectivity index (χ3n) is 3.05. The van der Waals surface area contributed by atoms with Crippen LogP contribution in [0.4, 0.5) is 0 Å². The summed E-state index contributed by atoms with van der Waals surface area (Å²) in [5.74, 6) is 0.624. The zero-order valence-corrected chi connectivity index (χ0v) is 9.37. The topological polar surface area (TPSA) is 55.1 Å². The molecule has 0 aromatic rings. The molecule has 3 N–H and O–H groups in total. The summed E-state index contributed by atoms with van der Waals surface area (Å²) >= 11 is 0. The zero-order valence-electron chi connectivity index (χ0n) is 9.37. The monoisotopic (exact) mass is 210 g/mol. The lowest BCUT2D eigenvalue weighted by molar-refractivity contribution is -0.122. The van der Waals surface area contributed by atoms with Gasteiger partial charge in [-0.25, -0.2) is 0 Å². The van der Waals surface area contributed by atoms with Crippen LogP contribution in [0.1, 0.15) is 38.5 Å². The van der Waals surface area contributed by atoms with Gasteiger partial charge in [0.2, 0.25) is 5.91 Å². The summed E-state index contributed by atoms with van der Waals surface area (Å²) in [4.78, 5) is 11.5. The Labute approximate surface area is 92.1 Å². The molecule has 0 bridgehead atoms. The van der Waals surface area contributed by atoms with Crippen LogP contribution in [-0.2, 0) is 4.79 Å². The van der Waals surface area contributed by atoms with E-state index in [1.165, 1.54) is 32.1 Å². The molecular formula is C12H22N2O. The van der Waals surface area contributed by atoms with E-state index in [4.69, 9.17) is 5.73 Å². The fraction of sp³-hybridized carbons (Fsp3) is 0.750. The van der Waals surface area contributed by atoms with E-state index < -0.39 is 6.04 Å². The normalized spacial score (nSPS) is 19.5. The lowest BCUT2D eigenvalue weighted by Gasteiger charge is -2.22. The van der Waals surface area contributed by atoms with E-state index in [2.05, 4.69) is 11.9 Å². The highest BCUT2D eigenvalue weighted by atomic mass is 16.2. The van der Waals surface area contributed by atoms with E-state index in [9.17, 15) is 4.79 Å². The summed E-state index contributed by atoms with van der Waals surface area (Å²) in [5.41, 5.74) is 5.66. The van der Waals surface area contributed by atoms with Crippen molar-refractivity contribution in [1.29, 1.82) is 0 Å². The highest BCUT2D eigenvalue weighted by Gasteiger charge is 2.16. The number of nitrogens with one attached hydrogen (secondary N) is 1. The summed E-state index contributed by atoms with van der Waals surface area (Å²) < 4.78 is 0. The standard InChI is InChI=1S/C12H22N2O/c1-2-6-11(13)12(15)14-9-10-7-4-3-5-8-10/h2,10-11H,1,3-9,13H2,(H,14,15). The summed E-state index contributed by atoms with van der Waals surface area (Å²) in [5, 5.41) is 2.93. The van der Waals surface area contributed by atoms with E-state index in [-0.39, 0.29) is 5.91 Å². The van der Waals surface area contributed by atoms with Gasteiger partial charge in [0, 0.05) is 6.54 Å². The molecule has 0 aromatic carbocycles. The first-order valence-electron chi connectivity index (χ1n) is 5.88. The van der Waals surface area contributed by atoms with Gasteiger partial charge in [0.25, 0.3) is 0 Å². The number of carbonyl (C=O) groups is 1. The molecule has 1 rings (SSSR count). The maximum atomic E-state index is 11.5. The average Bonchev–Trinajstić information content (AvgIpc) is 2.27. The van der Waals surface area contributed by atoms with Gasteiger partial charge >= 0.3 is 0 Å². The van der Waals surface area contributed by atoms with Gasteiger partial charge in [0.05, 0.1) is 6.04 Å². The Morgan fingerprint density at radius 2 is 2.13 bits per heavy atom. The first-order chi connectivity index (χ1) is 7.24. The minimum atomic E-state index is -0.425. The predicted molar refractivity (Wildman–Crippen MR) is 62.4 cm³/mol. The molecular weight excluding hydrogens is 188 g/mol. The largest absolute Gasteiger partial charge is 0.354 e. The Hall–Kier alpha value is -0.830. The number of carbonyl (C=O) groups excluding carboxylic acids is 1. The number of amides is 1. The molecule has 15 heavy (non-hydrogen) atoms. The summed E-state index contributed by atoms with van der Waals surface area (Å²) in [6.07, 6.45) is 8.69. The molecule has 1 unspecified atom stereocenters. The molecule has 0 saturated heterocycles. The Morgan fingerprint density at radius 3 is 2.73 bits per heavy atom. The summed E-state index contributed by atoms with van der Waals surface area (Å²) in [6, 6.07) is -0.425. The van der Waals surface area contributed by atoms with Crippen LogP contribution in [0.3, 0.4) is 0 Å². The highest BCUT2D eigenvalue weighted by molar-refractivity contribution is 5.81. The summed E-state index contributed by atoms with van der Waals surface area (Å²) in [6.45, 7) is 4.37. The van der Waals surface area contributed by atoms with Gasteiger partial charge in [-0.3, -0.25) is 4.79 Å². The first kappa shape index (κ1) is 12.2. The molecule has 0 heterocycles. The third-order valence-corrected chi connectivity index (χ3v) is 3.05. The van der Waals surface area contributed by atoms with Crippen LogP contribution in [0.5, 0.6) is 0 Å². The molecule has 1 amide bonds. The van der Waals surface area contributed by atoms with Gasteiger partial charge < -0.3 is 11.1 Å². The van der Waals surface area contributed by atoms with E-state index in [0.29, 0.717) is 12.3 Å². The SMILES string of the molecule is C=CCC(N)C(=O)NCC1CCCCC1. The van der Waals surface area contributed by atoms with Gasteiger partial charge in [0.1, 0.15) is 0 Å². The van der Waals surface area contributed by atoms with E-state index >= 15 is 0 Å². The van der Waals surface area contributed by atoms with Gasteiger partial charge in [-0.2, -0.15) is 0 Å². The second kappa shape index (κ2) is 6.62. The van der Waals surface area contributed by atoms with E-state index in [1.807, 2.05) is 0 Å². The highest BCUT2D eigenvalue weighted by Crippen LogP contribution is 2.22. The molecule has 3 nitrogen and oxygen atoms in total. The van der Waals surface area contributed by atoms with Crippen LogP contribution in [0.2, 0.25) is 0 Å². The quantitative estimate of drug-likeness (QED) is 0.677. The van der Waals surface area contributed by atoms with Crippen molar-refractivity contribution in [2.75, 3.05) is 6.54 Å². The Bertz CT molecular complexity index is 210. The second-order valence-corrected chi connectivity index (χ2v) is 4.38. The maximum absolute atomic E-state index is 11.5. The van der Waals surface area contributed by atoms with Crippen LogP contribution in [0.15, 0.2) is 12.7 Å². The molecule has 3 heteroatoms. The molecule has 86 valence electrons. The lowest BCUT2D eigenvalue weighted by atomic mass is 9.89. The van der Waals surface area contributed by atoms with Crippen LogP contribution < -0.4 is 11.1 Å². The zero-order chi connectivity index (χ0) is 11.1. The molecule has 0 spiro atoms. The van der Waals surface area contributed by atoms with Gasteiger partial charge in [-0.05, 0) is 25.2 Å². The van der Waals surface area contributed by atoms with Crippen molar-refractivity contribution in [3.63, 3.8) is 0 Å². The second-order valence-electron chi connectivity index (χ2n) is 4.38.